The molecule has 2 heterocycles. The van der Waals surface area contributed by atoms with Crippen molar-refractivity contribution < 1.29 is 8.78 Å². The van der Waals surface area contributed by atoms with Crippen LogP contribution in [0.3, 0.4) is 0 Å². The number of nitrogen functional groups attached to an aromatic ring is 1. The van der Waals surface area contributed by atoms with Crippen molar-refractivity contribution in [2.75, 3.05) is 17.6 Å². The fourth-order valence-electron chi connectivity index (χ4n) is 3.00. The van der Waals surface area contributed by atoms with Gasteiger partial charge in [-0.1, -0.05) is 30.3 Å². The summed E-state index contributed by atoms with van der Waals surface area (Å²) in [6.45, 7) is 1.47. The Hall–Kier alpha value is -3.29. The summed E-state index contributed by atoms with van der Waals surface area (Å²) in [7, 11) is 0. The second-order valence-corrected chi connectivity index (χ2v) is 6.81. The summed E-state index contributed by atoms with van der Waals surface area (Å²) in [6.07, 6.45) is 4.45. The van der Waals surface area contributed by atoms with Crippen molar-refractivity contribution in [2.45, 2.75) is 32.2 Å². The molecule has 0 atom stereocenters. The molecule has 3 aromatic rings. The summed E-state index contributed by atoms with van der Waals surface area (Å²) < 4.78 is 30.2. The topological polar surface area (TPSA) is 85.8 Å². The number of aryl methyl sites for hydroxylation is 2. The van der Waals surface area contributed by atoms with Crippen LogP contribution in [0, 0.1) is 6.92 Å². The third-order valence-electron chi connectivity index (χ3n) is 4.58. The molecule has 0 aliphatic rings. The number of hydrogen-bond donors (Lipinski definition) is 2. The molecular weight excluding hydrogens is 376 g/mol. The lowest BCUT2D eigenvalue weighted by Crippen LogP contribution is -2.31. The van der Waals surface area contributed by atoms with Gasteiger partial charge in [0.15, 0.2) is 5.82 Å². The van der Waals surface area contributed by atoms with Gasteiger partial charge in [-0.3, -0.25) is 9.78 Å². The molecule has 0 unspecified atom stereocenters. The van der Waals surface area contributed by atoms with E-state index in [1.165, 1.54) is 22.9 Å². The predicted molar refractivity (Wildman–Crippen MR) is 109 cm³/mol. The highest BCUT2D eigenvalue weighted by Crippen LogP contribution is 2.27. The minimum Gasteiger partial charge on any atom is -0.399 e. The van der Waals surface area contributed by atoms with E-state index in [2.05, 4.69) is 15.3 Å². The lowest BCUT2D eigenvalue weighted by Gasteiger charge is -2.18. The highest BCUT2D eigenvalue weighted by atomic mass is 19.3. The third kappa shape index (κ3) is 5.16. The number of alkyl halides is 2. The van der Waals surface area contributed by atoms with Gasteiger partial charge in [0.05, 0.1) is 6.54 Å². The maximum Gasteiger partial charge on any atom is 0.293 e. The molecule has 1 aromatic carbocycles. The van der Waals surface area contributed by atoms with Crippen LogP contribution in [0.5, 0.6) is 0 Å². The molecule has 0 aliphatic heterocycles. The molecule has 0 radical (unpaired) electrons. The molecule has 0 saturated carbocycles. The van der Waals surface area contributed by atoms with Crippen LogP contribution in [-0.4, -0.2) is 21.1 Å². The first kappa shape index (κ1) is 20.4. The third-order valence-corrected chi connectivity index (χ3v) is 4.58. The van der Waals surface area contributed by atoms with Crippen molar-refractivity contribution >= 4 is 11.5 Å². The van der Waals surface area contributed by atoms with Gasteiger partial charge in [-0.05, 0) is 31.9 Å². The van der Waals surface area contributed by atoms with Crippen LogP contribution in [0.25, 0.3) is 0 Å². The van der Waals surface area contributed by atoms with Gasteiger partial charge in [0, 0.05) is 41.6 Å². The van der Waals surface area contributed by atoms with E-state index in [9.17, 15) is 13.6 Å². The van der Waals surface area contributed by atoms with Crippen molar-refractivity contribution in [3.63, 3.8) is 0 Å². The van der Waals surface area contributed by atoms with Crippen LogP contribution in [0.4, 0.5) is 20.3 Å². The molecule has 152 valence electrons. The van der Waals surface area contributed by atoms with Crippen LogP contribution in [0.2, 0.25) is 0 Å². The maximum absolute atomic E-state index is 14.4. The average Bonchev–Trinajstić information content (AvgIpc) is 2.70. The summed E-state index contributed by atoms with van der Waals surface area (Å²) in [5.41, 5.74) is 7.35. The predicted octanol–water partition coefficient (Wildman–Crippen LogP) is 3.37. The van der Waals surface area contributed by atoms with E-state index < -0.39 is 18.0 Å². The Morgan fingerprint density at radius 2 is 1.93 bits per heavy atom. The maximum atomic E-state index is 14.4. The van der Waals surface area contributed by atoms with E-state index in [1.54, 1.807) is 43.5 Å². The van der Waals surface area contributed by atoms with Crippen LogP contribution in [-0.2, 0) is 18.9 Å². The van der Waals surface area contributed by atoms with Gasteiger partial charge in [-0.25, -0.2) is 4.98 Å². The standard InChI is InChI=1S/C21H23F2N5O/c1-15-13-26-19(27-14-21(22,23)16-6-3-2-4-7-16)20(29)28(15)11-5-8-18-12-17(24)9-10-25-18/h2-4,6-7,9-10,12-13H,5,8,11,14H2,1H3,(H2,24,25)(H,26,27). The van der Waals surface area contributed by atoms with Crippen molar-refractivity contribution in [2.24, 2.45) is 0 Å². The number of benzene rings is 1. The molecule has 2 aromatic heterocycles. The molecule has 0 aliphatic carbocycles. The molecule has 6 nitrogen and oxygen atoms in total. The first-order chi connectivity index (χ1) is 13.9. The summed E-state index contributed by atoms with van der Waals surface area (Å²) in [5, 5.41) is 2.51. The molecule has 0 fully saturated rings. The van der Waals surface area contributed by atoms with Crippen LogP contribution < -0.4 is 16.6 Å². The Morgan fingerprint density at radius 1 is 1.17 bits per heavy atom. The SMILES string of the molecule is Cc1cnc(NCC(F)(F)c2ccccc2)c(=O)n1CCCc1cc(N)ccn1. The Bertz CT molecular complexity index is 1020. The number of hydrogen-bond acceptors (Lipinski definition) is 5. The normalized spacial score (nSPS) is 11.4. The van der Waals surface area contributed by atoms with Crippen molar-refractivity contribution in [3.05, 3.63) is 82.2 Å². The average molecular weight is 399 g/mol. The summed E-state index contributed by atoms with van der Waals surface area (Å²) in [6, 6.07) is 11.0. The molecule has 0 spiro atoms. The number of pyridine rings is 1. The molecule has 0 amide bonds. The van der Waals surface area contributed by atoms with Gasteiger partial charge in [-0.2, -0.15) is 8.78 Å². The van der Waals surface area contributed by atoms with E-state index in [0.29, 0.717) is 30.8 Å². The zero-order valence-electron chi connectivity index (χ0n) is 16.1. The minimum absolute atomic E-state index is 0.0895. The van der Waals surface area contributed by atoms with Gasteiger partial charge in [-0.15, -0.1) is 0 Å². The van der Waals surface area contributed by atoms with Gasteiger partial charge in [0.1, 0.15) is 0 Å². The van der Waals surface area contributed by atoms with Gasteiger partial charge in [0.25, 0.3) is 11.5 Å². The summed E-state index contributed by atoms with van der Waals surface area (Å²) >= 11 is 0. The van der Waals surface area contributed by atoms with Gasteiger partial charge in [0.2, 0.25) is 0 Å². The van der Waals surface area contributed by atoms with Crippen molar-refractivity contribution in [1.29, 1.82) is 0 Å². The number of nitrogens with zero attached hydrogens (tertiary/aromatic N) is 3. The zero-order valence-corrected chi connectivity index (χ0v) is 16.1. The molecule has 29 heavy (non-hydrogen) atoms. The van der Waals surface area contributed by atoms with Gasteiger partial charge >= 0.3 is 0 Å². The first-order valence-corrected chi connectivity index (χ1v) is 9.31. The Labute approximate surface area is 167 Å². The van der Waals surface area contributed by atoms with E-state index in [-0.39, 0.29) is 11.4 Å². The second kappa shape index (κ2) is 8.81. The van der Waals surface area contributed by atoms with E-state index in [4.69, 9.17) is 5.73 Å². The fraction of sp³-hybridized carbons (Fsp3) is 0.286. The van der Waals surface area contributed by atoms with Crippen LogP contribution >= 0.6 is 0 Å². The monoisotopic (exact) mass is 399 g/mol. The van der Waals surface area contributed by atoms with Crippen LogP contribution in [0.1, 0.15) is 23.4 Å². The fourth-order valence-corrected chi connectivity index (χ4v) is 3.00. The number of aromatic nitrogens is 3. The minimum atomic E-state index is -3.12. The largest absolute Gasteiger partial charge is 0.399 e. The van der Waals surface area contributed by atoms with Crippen molar-refractivity contribution in [3.8, 4) is 0 Å². The zero-order chi connectivity index (χ0) is 20.9. The Kier molecular flexibility index (Phi) is 6.21. The summed E-state index contributed by atoms with van der Waals surface area (Å²) in [4.78, 5) is 20.9. The van der Waals surface area contributed by atoms with Gasteiger partial charge < -0.3 is 15.6 Å². The molecule has 3 N–H and O–H groups in total. The number of halogens is 2. The highest BCUT2D eigenvalue weighted by Gasteiger charge is 2.31. The quantitative estimate of drug-likeness (QED) is 0.607. The molecule has 3 rings (SSSR count). The molecular formula is C21H23F2N5O. The number of nitrogens with two attached hydrogens (primary N) is 1. The van der Waals surface area contributed by atoms with Crippen molar-refractivity contribution in [1.82, 2.24) is 14.5 Å². The highest BCUT2D eigenvalue weighted by molar-refractivity contribution is 5.37. The van der Waals surface area contributed by atoms with E-state index in [0.717, 1.165) is 5.69 Å². The Morgan fingerprint density at radius 3 is 2.66 bits per heavy atom. The molecule has 0 saturated heterocycles. The Balaban J connectivity index is 1.67. The second-order valence-electron chi connectivity index (χ2n) is 6.81. The summed E-state index contributed by atoms with van der Waals surface area (Å²) in [5.74, 6) is -3.21. The number of anilines is 2. The number of rotatable bonds is 8. The van der Waals surface area contributed by atoms with E-state index in [1.807, 2.05) is 0 Å². The van der Waals surface area contributed by atoms with Crippen LogP contribution in [0.15, 0.2) is 59.7 Å². The lowest BCUT2D eigenvalue weighted by molar-refractivity contribution is 0.0105. The smallest absolute Gasteiger partial charge is 0.293 e. The molecule has 8 heteroatoms. The lowest BCUT2D eigenvalue weighted by atomic mass is 10.1. The van der Waals surface area contributed by atoms with E-state index >= 15 is 0 Å². The molecule has 0 bridgehead atoms. The number of nitrogens with one attached hydrogen (secondary N) is 1. The first-order valence-electron chi connectivity index (χ1n) is 9.31.